The molecule has 1 aliphatic heterocycles. The van der Waals surface area contributed by atoms with Crippen molar-refractivity contribution < 1.29 is 23.1 Å². The van der Waals surface area contributed by atoms with E-state index in [2.05, 4.69) is 5.32 Å². The highest BCUT2D eigenvalue weighted by molar-refractivity contribution is 7.92. The predicted molar refractivity (Wildman–Crippen MR) is 69.7 cm³/mol. The normalized spacial score (nSPS) is 20.4. The second-order valence-electron chi connectivity index (χ2n) is 5.38. The summed E-state index contributed by atoms with van der Waals surface area (Å²) in [6.45, 7) is 3.36. The van der Waals surface area contributed by atoms with E-state index in [4.69, 9.17) is 5.11 Å². The number of urea groups is 1. The van der Waals surface area contributed by atoms with Gasteiger partial charge in [0.15, 0.2) is 9.84 Å². The first-order chi connectivity index (χ1) is 8.56. The van der Waals surface area contributed by atoms with E-state index in [1.165, 1.54) is 18.7 Å². The maximum absolute atomic E-state index is 11.9. The first-order valence-corrected chi connectivity index (χ1v) is 7.92. The summed E-state index contributed by atoms with van der Waals surface area (Å²) in [4.78, 5) is 24.1. The molecule has 2 N–H and O–H groups in total. The largest absolute Gasteiger partial charge is 0.480 e. The molecule has 7 nitrogen and oxygen atoms in total. The van der Waals surface area contributed by atoms with E-state index in [1.54, 1.807) is 0 Å². The van der Waals surface area contributed by atoms with Crippen LogP contribution in [0.1, 0.15) is 26.7 Å². The van der Waals surface area contributed by atoms with Gasteiger partial charge in [-0.1, -0.05) is 0 Å². The number of aliphatic carboxylic acids is 1. The van der Waals surface area contributed by atoms with Crippen LogP contribution in [0, 0.1) is 0 Å². The van der Waals surface area contributed by atoms with Gasteiger partial charge in [0, 0.05) is 19.3 Å². The van der Waals surface area contributed by atoms with Crippen LogP contribution in [-0.2, 0) is 14.6 Å². The lowest BCUT2D eigenvalue weighted by molar-refractivity contribution is -0.141. The summed E-state index contributed by atoms with van der Waals surface area (Å²) in [5.74, 6) is -1.03. The van der Waals surface area contributed by atoms with Gasteiger partial charge < -0.3 is 15.3 Å². The van der Waals surface area contributed by atoms with E-state index in [1.807, 2.05) is 0 Å². The molecule has 0 aliphatic carbocycles. The van der Waals surface area contributed by atoms with E-state index < -0.39 is 32.6 Å². The maximum Gasteiger partial charge on any atom is 0.326 e. The number of hydrogen-bond donors (Lipinski definition) is 2. The number of carbonyl (C=O) groups is 2. The Morgan fingerprint density at radius 3 is 2.47 bits per heavy atom. The molecule has 0 aromatic carbocycles. The topological polar surface area (TPSA) is 104 Å². The number of amides is 2. The summed E-state index contributed by atoms with van der Waals surface area (Å²) >= 11 is 0. The van der Waals surface area contributed by atoms with Crippen molar-refractivity contribution in [1.82, 2.24) is 10.2 Å². The van der Waals surface area contributed by atoms with Crippen molar-refractivity contribution in [3.05, 3.63) is 0 Å². The van der Waals surface area contributed by atoms with Gasteiger partial charge in [0.2, 0.25) is 0 Å². The SMILES string of the molecule is CC(C)(CNC(=O)N1CCC[C@H]1C(=O)O)S(C)(=O)=O. The molecule has 1 heterocycles. The Hall–Kier alpha value is -1.31. The lowest BCUT2D eigenvalue weighted by atomic mass is 10.2. The number of carboxylic acids is 1. The molecular weight excluding hydrogens is 272 g/mol. The van der Waals surface area contributed by atoms with E-state index in [0.717, 1.165) is 6.26 Å². The van der Waals surface area contributed by atoms with Crippen molar-refractivity contribution in [2.45, 2.75) is 37.5 Å². The van der Waals surface area contributed by atoms with Crippen LogP contribution in [0.2, 0.25) is 0 Å². The van der Waals surface area contributed by atoms with Crippen LogP contribution >= 0.6 is 0 Å². The number of carbonyl (C=O) groups excluding carboxylic acids is 1. The average Bonchev–Trinajstić information content (AvgIpc) is 2.73. The molecular formula is C11H20N2O5S. The number of rotatable bonds is 4. The Kier molecular flexibility index (Phi) is 4.44. The third-order valence-corrected chi connectivity index (χ3v) is 5.62. The number of nitrogens with one attached hydrogen (secondary N) is 1. The van der Waals surface area contributed by atoms with Crippen molar-refractivity contribution in [2.24, 2.45) is 0 Å². The van der Waals surface area contributed by atoms with Crippen LogP contribution in [0.15, 0.2) is 0 Å². The highest BCUT2D eigenvalue weighted by Crippen LogP contribution is 2.18. The smallest absolute Gasteiger partial charge is 0.326 e. The van der Waals surface area contributed by atoms with Crippen LogP contribution in [0.25, 0.3) is 0 Å². The van der Waals surface area contributed by atoms with Gasteiger partial charge in [-0.3, -0.25) is 0 Å². The third-order valence-electron chi connectivity index (χ3n) is 3.47. The van der Waals surface area contributed by atoms with E-state index in [-0.39, 0.29) is 6.54 Å². The van der Waals surface area contributed by atoms with E-state index in [0.29, 0.717) is 19.4 Å². The first kappa shape index (κ1) is 15.7. The van der Waals surface area contributed by atoms with Crippen molar-refractivity contribution in [3.63, 3.8) is 0 Å². The summed E-state index contributed by atoms with van der Waals surface area (Å²) in [6, 6.07) is -1.34. The summed E-state index contributed by atoms with van der Waals surface area (Å²) in [5, 5.41) is 11.5. The molecule has 0 unspecified atom stereocenters. The van der Waals surface area contributed by atoms with Crippen LogP contribution in [0.3, 0.4) is 0 Å². The summed E-state index contributed by atoms with van der Waals surface area (Å²) in [5.41, 5.74) is 0. The van der Waals surface area contributed by atoms with Gasteiger partial charge in [0.05, 0.1) is 4.75 Å². The van der Waals surface area contributed by atoms with Gasteiger partial charge in [0.25, 0.3) is 0 Å². The van der Waals surface area contributed by atoms with E-state index in [9.17, 15) is 18.0 Å². The predicted octanol–water partition coefficient (Wildman–Crippen LogP) is 0.0682. The standard InChI is InChI=1S/C11H20N2O5S/c1-11(2,19(3,17)18)7-12-10(16)13-6-4-5-8(13)9(14)15/h8H,4-7H2,1-3H3,(H,12,16)(H,14,15)/t8-/m0/s1. The highest BCUT2D eigenvalue weighted by Gasteiger charge is 2.36. The molecule has 1 atom stereocenters. The molecule has 0 bridgehead atoms. The Bertz CT molecular complexity index is 471. The molecule has 0 spiro atoms. The van der Waals surface area contributed by atoms with Crippen LogP contribution in [0.4, 0.5) is 4.79 Å². The minimum atomic E-state index is -3.30. The molecule has 0 saturated carbocycles. The van der Waals surface area contributed by atoms with Crippen LogP contribution in [-0.4, -0.2) is 60.6 Å². The molecule has 2 amide bonds. The van der Waals surface area contributed by atoms with Gasteiger partial charge in [0.1, 0.15) is 6.04 Å². The lowest BCUT2D eigenvalue weighted by Gasteiger charge is -2.26. The second kappa shape index (κ2) is 5.36. The average molecular weight is 292 g/mol. The minimum Gasteiger partial charge on any atom is -0.480 e. The Morgan fingerprint density at radius 1 is 1.42 bits per heavy atom. The van der Waals surface area contributed by atoms with Gasteiger partial charge in [-0.15, -0.1) is 0 Å². The van der Waals surface area contributed by atoms with Crippen molar-refractivity contribution in [2.75, 3.05) is 19.3 Å². The number of nitrogens with zero attached hydrogens (tertiary/aromatic N) is 1. The Balaban J connectivity index is 2.64. The molecule has 1 aliphatic rings. The molecule has 0 aromatic heterocycles. The van der Waals surface area contributed by atoms with Crippen LogP contribution < -0.4 is 5.32 Å². The van der Waals surface area contributed by atoms with Gasteiger partial charge in [-0.25, -0.2) is 18.0 Å². The summed E-state index contributed by atoms with van der Waals surface area (Å²) in [6.07, 6.45) is 2.17. The summed E-state index contributed by atoms with van der Waals surface area (Å²) < 4.78 is 21.9. The fourth-order valence-corrected chi connectivity index (χ4v) is 2.12. The molecule has 1 rings (SSSR count). The minimum absolute atomic E-state index is 0.0481. The summed E-state index contributed by atoms with van der Waals surface area (Å²) in [7, 11) is -3.30. The molecule has 110 valence electrons. The molecule has 0 radical (unpaired) electrons. The third kappa shape index (κ3) is 3.59. The molecule has 1 fully saturated rings. The Labute approximate surface area is 112 Å². The van der Waals surface area contributed by atoms with Crippen molar-refractivity contribution in [1.29, 1.82) is 0 Å². The number of sulfone groups is 1. The Morgan fingerprint density at radius 2 is 2.00 bits per heavy atom. The van der Waals surface area contributed by atoms with E-state index >= 15 is 0 Å². The quantitative estimate of drug-likeness (QED) is 0.763. The highest BCUT2D eigenvalue weighted by atomic mass is 32.2. The van der Waals surface area contributed by atoms with Gasteiger partial charge >= 0.3 is 12.0 Å². The fraction of sp³-hybridized carbons (Fsp3) is 0.818. The van der Waals surface area contributed by atoms with Gasteiger partial charge in [-0.05, 0) is 26.7 Å². The number of likely N-dealkylation sites (tertiary alicyclic amines) is 1. The molecule has 1 saturated heterocycles. The zero-order valence-electron chi connectivity index (χ0n) is 11.3. The van der Waals surface area contributed by atoms with Crippen molar-refractivity contribution in [3.8, 4) is 0 Å². The number of carboxylic acid groups (broad SMARTS) is 1. The zero-order valence-corrected chi connectivity index (χ0v) is 12.2. The number of hydrogen-bond acceptors (Lipinski definition) is 4. The zero-order chi connectivity index (χ0) is 14.8. The fourth-order valence-electron chi connectivity index (χ4n) is 1.79. The van der Waals surface area contributed by atoms with Gasteiger partial charge in [-0.2, -0.15) is 0 Å². The second-order valence-corrected chi connectivity index (χ2v) is 8.03. The van der Waals surface area contributed by atoms with Crippen LogP contribution in [0.5, 0.6) is 0 Å². The van der Waals surface area contributed by atoms with Crippen molar-refractivity contribution >= 4 is 21.8 Å². The molecule has 19 heavy (non-hydrogen) atoms. The maximum atomic E-state index is 11.9. The first-order valence-electron chi connectivity index (χ1n) is 6.03. The lowest BCUT2D eigenvalue weighted by Crippen LogP contribution is -2.50. The molecule has 8 heteroatoms. The molecule has 0 aromatic rings. The monoisotopic (exact) mass is 292 g/mol.